The number of ether oxygens (including phenoxy) is 1. The van der Waals surface area contributed by atoms with Crippen LogP contribution in [0.2, 0.25) is 0 Å². The number of carbonyl (C=O) groups excluding carboxylic acids is 1. The standard InChI is InChI=1S/C4H5Cl3N2O2S/c5-4(6,7)2(11-1-10)9-3(8)12/h1-2H,(H3,8,9,12). The average Bonchev–Trinajstić information content (AvgIpc) is 1.83. The van der Waals surface area contributed by atoms with E-state index >= 15 is 0 Å². The third-order valence-electron chi connectivity index (χ3n) is 0.762. The van der Waals surface area contributed by atoms with Crippen LogP contribution in [0.25, 0.3) is 0 Å². The van der Waals surface area contributed by atoms with Crippen molar-refractivity contribution in [3.05, 3.63) is 0 Å². The van der Waals surface area contributed by atoms with Gasteiger partial charge in [0.1, 0.15) is 0 Å². The lowest BCUT2D eigenvalue weighted by Gasteiger charge is -2.23. The summed E-state index contributed by atoms with van der Waals surface area (Å²) in [6.07, 6.45) is -1.18. The number of rotatable bonds is 3. The van der Waals surface area contributed by atoms with Crippen LogP contribution in [0, 0.1) is 0 Å². The van der Waals surface area contributed by atoms with Crippen molar-refractivity contribution in [2.45, 2.75) is 10.0 Å². The topological polar surface area (TPSA) is 64.3 Å². The molecule has 0 saturated heterocycles. The molecule has 0 amide bonds. The fraction of sp³-hybridized carbons (Fsp3) is 0.500. The zero-order chi connectivity index (χ0) is 9.78. The normalized spacial score (nSPS) is 13.2. The van der Waals surface area contributed by atoms with E-state index < -0.39 is 10.0 Å². The molecule has 0 aliphatic rings. The molecule has 0 heterocycles. The molecule has 0 aliphatic heterocycles. The van der Waals surface area contributed by atoms with Gasteiger partial charge in [-0.2, -0.15) is 0 Å². The highest BCUT2D eigenvalue weighted by Crippen LogP contribution is 2.30. The molecular formula is C4H5Cl3N2O2S. The van der Waals surface area contributed by atoms with E-state index in [-0.39, 0.29) is 11.6 Å². The Bertz CT molecular complexity index is 184. The second-order valence-electron chi connectivity index (χ2n) is 1.66. The number of thiocarbonyl (C=S) groups is 1. The smallest absolute Gasteiger partial charge is 0.295 e. The van der Waals surface area contributed by atoms with E-state index in [9.17, 15) is 4.79 Å². The fourth-order valence-corrected chi connectivity index (χ4v) is 0.803. The maximum atomic E-state index is 9.92. The summed E-state index contributed by atoms with van der Waals surface area (Å²) < 4.78 is 2.55. The third kappa shape index (κ3) is 4.82. The largest absolute Gasteiger partial charge is 0.439 e. The number of nitrogens with one attached hydrogen (secondary N) is 1. The number of hydrogen-bond donors (Lipinski definition) is 2. The Morgan fingerprint density at radius 1 is 1.67 bits per heavy atom. The van der Waals surface area contributed by atoms with Crippen LogP contribution < -0.4 is 11.1 Å². The van der Waals surface area contributed by atoms with Crippen LogP contribution in [-0.2, 0) is 9.53 Å². The van der Waals surface area contributed by atoms with E-state index in [1.165, 1.54) is 0 Å². The van der Waals surface area contributed by atoms with Crippen LogP contribution in [0.4, 0.5) is 0 Å². The van der Waals surface area contributed by atoms with Gasteiger partial charge in [0.2, 0.25) is 10.0 Å². The zero-order valence-corrected chi connectivity index (χ0v) is 8.67. The number of alkyl halides is 3. The molecule has 8 heteroatoms. The van der Waals surface area contributed by atoms with Gasteiger partial charge >= 0.3 is 0 Å². The molecule has 0 spiro atoms. The van der Waals surface area contributed by atoms with E-state index in [2.05, 4.69) is 22.3 Å². The second-order valence-corrected chi connectivity index (χ2v) is 4.47. The van der Waals surface area contributed by atoms with E-state index in [4.69, 9.17) is 40.5 Å². The molecule has 1 atom stereocenters. The van der Waals surface area contributed by atoms with E-state index in [0.29, 0.717) is 0 Å². The van der Waals surface area contributed by atoms with E-state index in [1.54, 1.807) is 0 Å². The van der Waals surface area contributed by atoms with Crippen molar-refractivity contribution in [2.75, 3.05) is 0 Å². The van der Waals surface area contributed by atoms with Gasteiger partial charge in [-0.05, 0) is 12.2 Å². The minimum atomic E-state index is -1.82. The number of hydrogen-bond acceptors (Lipinski definition) is 3. The number of carbonyl (C=O) groups is 1. The minimum absolute atomic E-state index is 0.123. The highest BCUT2D eigenvalue weighted by atomic mass is 35.6. The first-order valence-corrected chi connectivity index (χ1v) is 4.14. The summed E-state index contributed by atoms with van der Waals surface area (Å²) in [7, 11) is 0. The van der Waals surface area contributed by atoms with Gasteiger partial charge in [-0.3, -0.25) is 4.79 Å². The Kier molecular flexibility index (Phi) is 4.92. The SMILES string of the molecule is NC(=S)NC(OC=O)C(Cl)(Cl)Cl. The first-order valence-electron chi connectivity index (χ1n) is 2.59. The molecule has 1 unspecified atom stereocenters. The van der Waals surface area contributed by atoms with Crippen LogP contribution >= 0.6 is 47.0 Å². The lowest BCUT2D eigenvalue weighted by atomic mass is 10.6. The van der Waals surface area contributed by atoms with Gasteiger partial charge in [-0.1, -0.05) is 34.8 Å². The lowest BCUT2D eigenvalue weighted by Crippen LogP contribution is -2.47. The molecule has 4 nitrogen and oxygen atoms in total. The van der Waals surface area contributed by atoms with Crippen molar-refractivity contribution in [3.8, 4) is 0 Å². The second kappa shape index (κ2) is 4.91. The average molecular weight is 252 g/mol. The van der Waals surface area contributed by atoms with Gasteiger partial charge in [0.15, 0.2) is 5.11 Å². The molecule has 0 aliphatic carbocycles. The van der Waals surface area contributed by atoms with E-state index in [0.717, 1.165) is 0 Å². The molecule has 0 rings (SSSR count). The molecule has 70 valence electrons. The molecule has 0 aromatic heterocycles. The van der Waals surface area contributed by atoms with Crippen molar-refractivity contribution in [2.24, 2.45) is 5.73 Å². The summed E-state index contributed by atoms with van der Waals surface area (Å²) >= 11 is 20.6. The van der Waals surface area contributed by atoms with Crippen molar-refractivity contribution >= 4 is 58.6 Å². The lowest BCUT2D eigenvalue weighted by molar-refractivity contribution is -0.134. The van der Waals surface area contributed by atoms with Crippen LogP contribution in [0.1, 0.15) is 0 Å². The van der Waals surface area contributed by atoms with Gasteiger partial charge in [-0.25, -0.2) is 0 Å². The summed E-state index contributed by atoms with van der Waals surface area (Å²) in [5.41, 5.74) is 5.07. The monoisotopic (exact) mass is 250 g/mol. The molecule has 0 aromatic rings. The number of nitrogens with two attached hydrogens (primary N) is 1. The number of halogens is 3. The first-order chi connectivity index (χ1) is 5.38. The molecule has 0 radical (unpaired) electrons. The Hall–Kier alpha value is 0.0300. The highest BCUT2D eigenvalue weighted by Gasteiger charge is 2.34. The van der Waals surface area contributed by atoms with Crippen molar-refractivity contribution < 1.29 is 9.53 Å². The summed E-state index contributed by atoms with van der Waals surface area (Å²) in [5.74, 6) is 0. The first kappa shape index (κ1) is 12.0. The van der Waals surface area contributed by atoms with Gasteiger partial charge in [0, 0.05) is 0 Å². The van der Waals surface area contributed by atoms with Crippen LogP contribution in [0.15, 0.2) is 0 Å². The van der Waals surface area contributed by atoms with Crippen LogP contribution in [0.3, 0.4) is 0 Å². The quantitative estimate of drug-likeness (QED) is 0.334. The predicted molar refractivity (Wildman–Crippen MR) is 51.1 cm³/mol. The Labute approximate surface area is 89.3 Å². The van der Waals surface area contributed by atoms with Gasteiger partial charge < -0.3 is 15.8 Å². The van der Waals surface area contributed by atoms with Crippen molar-refractivity contribution in [1.82, 2.24) is 5.32 Å². The Morgan fingerprint density at radius 2 is 2.17 bits per heavy atom. The van der Waals surface area contributed by atoms with Gasteiger partial charge in [-0.15, -0.1) is 0 Å². The van der Waals surface area contributed by atoms with Gasteiger partial charge in [0.25, 0.3) is 6.47 Å². The summed E-state index contributed by atoms with van der Waals surface area (Å²) in [6, 6.07) is 0. The molecule has 0 bridgehead atoms. The zero-order valence-electron chi connectivity index (χ0n) is 5.59. The predicted octanol–water partition coefficient (Wildman–Crippen LogP) is 0.689. The van der Waals surface area contributed by atoms with Crippen molar-refractivity contribution in [1.29, 1.82) is 0 Å². The summed E-state index contributed by atoms with van der Waals surface area (Å²) in [6.45, 7) is 0.123. The molecule has 0 saturated carbocycles. The van der Waals surface area contributed by atoms with Crippen molar-refractivity contribution in [3.63, 3.8) is 0 Å². The minimum Gasteiger partial charge on any atom is -0.439 e. The molecular weight excluding hydrogens is 246 g/mol. The Morgan fingerprint density at radius 3 is 2.42 bits per heavy atom. The molecule has 0 aromatic carbocycles. The summed E-state index contributed by atoms with van der Waals surface area (Å²) in [5, 5.41) is 2.15. The van der Waals surface area contributed by atoms with Crippen LogP contribution in [-0.4, -0.2) is 21.6 Å². The maximum absolute atomic E-state index is 9.92. The van der Waals surface area contributed by atoms with Crippen LogP contribution in [0.5, 0.6) is 0 Å². The third-order valence-corrected chi connectivity index (χ3v) is 1.47. The summed E-state index contributed by atoms with van der Waals surface area (Å²) in [4.78, 5) is 9.92. The molecule has 0 fully saturated rings. The van der Waals surface area contributed by atoms with E-state index in [1.807, 2.05) is 0 Å². The van der Waals surface area contributed by atoms with Gasteiger partial charge in [0.05, 0.1) is 0 Å². The maximum Gasteiger partial charge on any atom is 0.295 e. The highest BCUT2D eigenvalue weighted by molar-refractivity contribution is 7.80. The molecule has 12 heavy (non-hydrogen) atoms. The fourth-order valence-electron chi connectivity index (χ4n) is 0.378. The Balaban J connectivity index is 4.22. The molecule has 3 N–H and O–H groups in total.